The molecule has 164 valence electrons. The fourth-order valence-corrected chi connectivity index (χ4v) is 4.37. The maximum Gasteiger partial charge on any atom is 0.232 e. The number of sulfonamides is 1. The largest absolute Gasteiger partial charge is 0.496 e. The summed E-state index contributed by atoms with van der Waals surface area (Å²) in [4.78, 5) is 12.5. The number of amides is 1. The summed E-state index contributed by atoms with van der Waals surface area (Å²) >= 11 is 5.89. The van der Waals surface area contributed by atoms with Crippen LogP contribution in [0.25, 0.3) is 0 Å². The van der Waals surface area contributed by atoms with Gasteiger partial charge in [0.15, 0.2) is 0 Å². The van der Waals surface area contributed by atoms with E-state index in [0.717, 1.165) is 29.6 Å². The van der Waals surface area contributed by atoms with Gasteiger partial charge in [0.1, 0.15) is 5.75 Å². The van der Waals surface area contributed by atoms with Crippen molar-refractivity contribution in [2.75, 3.05) is 24.2 Å². The predicted octanol–water partition coefficient (Wildman–Crippen LogP) is 4.47. The van der Waals surface area contributed by atoms with E-state index in [4.69, 9.17) is 16.3 Å². The first-order valence-corrected chi connectivity index (χ1v) is 12.1. The summed E-state index contributed by atoms with van der Waals surface area (Å²) in [6, 6.07) is 12.4. The second kappa shape index (κ2) is 10.7. The Morgan fingerprint density at radius 3 is 2.40 bits per heavy atom. The fourth-order valence-electron chi connectivity index (χ4n) is 3.28. The monoisotopic (exact) mass is 452 g/mol. The summed E-state index contributed by atoms with van der Waals surface area (Å²) < 4.78 is 30.9. The number of rotatable bonds is 10. The van der Waals surface area contributed by atoms with E-state index in [9.17, 15) is 13.2 Å². The second-order valence-corrected chi connectivity index (χ2v) is 9.52. The van der Waals surface area contributed by atoms with Crippen molar-refractivity contribution in [2.45, 2.75) is 39.2 Å². The van der Waals surface area contributed by atoms with Crippen LogP contribution < -0.4 is 14.4 Å². The van der Waals surface area contributed by atoms with Crippen molar-refractivity contribution in [3.05, 3.63) is 58.6 Å². The van der Waals surface area contributed by atoms with Crippen LogP contribution in [0.1, 0.15) is 43.4 Å². The Hall–Kier alpha value is -2.25. The number of halogens is 1. The standard InChI is InChI=1S/C22H29ClN2O4S/c1-5-20(17-8-13-21(29-3)16(2)15-17)24-22(26)7-6-14-25(30(4,27)28)19-11-9-18(23)10-12-19/h8-13,15,20H,5-7,14H2,1-4H3,(H,24,26)/t20-/m1/s1. The van der Waals surface area contributed by atoms with E-state index in [2.05, 4.69) is 5.32 Å². The number of ether oxygens (including phenoxy) is 1. The van der Waals surface area contributed by atoms with Gasteiger partial charge >= 0.3 is 0 Å². The average Bonchev–Trinajstić information content (AvgIpc) is 2.69. The van der Waals surface area contributed by atoms with Crippen molar-refractivity contribution in [3.63, 3.8) is 0 Å². The molecule has 0 aromatic heterocycles. The zero-order valence-corrected chi connectivity index (χ0v) is 19.4. The summed E-state index contributed by atoms with van der Waals surface area (Å²) in [6.45, 7) is 4.19. The molecule has 0 radical (unpaired) electrons. The Kier molecular flexibility index (Phi) is 8.55. The lowest BCUT2D eigenvalue weighted by Crippen LogP contribution is -2.33. The molecule has 0 heterocycles. The van der Waals surface area contributed by atoms with Gasteiger partial charge in [-0.15, -0.1) is 0 Å². The first-order valence-electron chi connectivity index (χ1n) is 9.83. The van der Waals surface area contributed by atoms with Gasteiger partial charge in [-0.1, -0.05) is 30.7 Å². The molecule has 0 saturated carbocycles. The van der Waals surface area contributed by atoms with Gasteiger partial charge in [0, 0.05) is 18.0 Å². The fraction of sp³-hybridized carbons (Fsp3) is 0.409. The molecule has 1 amide bonds. The molecule has 2 rings (SSSR count). The third kappa shape index (κ3) is 6.64. The minimum atomic E-state index is -3.46. The Morgan fingerprint density at radius 2 is 1.87 bits per heavy atom. The number of hydrogen-bond donors (Lipinski definition) is 1. The maximum atomic E-state index is 12.5. The summed E-state index contributed by atoms with van der Waals surface area (Å²) in [5.41, 5.74) is 2.56. The highest BCUT2D eigenvalue weighted by molar-refractivity contribution is 7.92. The minimum Gasteiger partial charge on any atom is -0.496 e. The first-order chi connectivity index (χ1) is 14.2. The first kappa shape index (κ1) is 24.0. The number of methoxy groups -OCH3 is 1. The molecule has 0 spiro atoms. The molecule has 6 nitrogen and oxygen atoms in total. The van der Waals surface area contributed by atoms with Crippen LogP contribution in [0.3, 0.4) is 0 Å². The van der Waals surface area contributed by atoms with Crippen molar-refractivity contribution >= 4 is 33.2 Å². The van der Waals surface area contributed by atoms with Crippen molar-refractivity contribution in [2.24, 2.45) is 0 Å². The quantitative estimate of drug-likeness (QED) is 0.577. The van der Waals surface area contributed by atoms with Gasteiger partial charge in [0.2, 0.25) is 15.9 Å². The molecule has 2 aromatic carbocycles. The number of aryl methyl sites for hydroxylation is 1. The van der Waals surface area contributed by atoms with Gasteiger partial charge in [-0.2, -0.15) is 0 Å². The Morgan fingerprint density at radius 1 is 1.20 bits per heavy atom. The van der Waals surface area contributed by atoms with Gasteiger partial charge in [-0.3, -0.25) is 9.10 Å². The number of anilines is 1. The van der Waals surface area contributed by atoms with E-state index in [1.165, 1.54) is 4.31 Å². The van der Waals surface area contributed by atoms with Crippen LogP contribution in [0.15, 0.2) is 42.5 Å². The maximum absolute atomic E-state index is 12.5. The number of nitrogens with zero attached hydrogens (tertiary/aromatic N) is 1. The number of nitrogens with one attached hydrogen (secondary N) is 1. The summed E-state index contributed by atoms with van der Waals surface area (Å²) in [5.74, 6) is 0.697. The van der Waals surface area contributed by atoms with Crippen molar-refractivity contribution in [1.29, 1.82) is 0 Å². The smallest absolute Gasteiger partial charge is 0.232 e. The van der Waals surface area contributed by atoms with Gasteiger partial charge in [-0.05, 0) is 61.2 Å². The lowest BCUT2D eigenvalue weighted by molar-refractivity contribution is -0.121. The number of carbonyl (C=O) groups is 1. The normalized spacial score (nSPS) is 12.3. The zero-order valence-electron chi connectivity index (χ0n) is 17.8. The SMILES string of the molecule is CC[C@@H](NC(=O)CCCN(c1ccc(Cl)cc1)S(C)(=O)=O)c1ccc(OC)c(C)c1. The molecule has 0 aliphatic heterocycles. The van der Waals surface area contributed by atoms with Crippen molar-refractivity contribution in [3.8, 4) is 5.75 Å². The van der Waals surface area contributed by atoms with E-state index >= 15 is 0 Å². The molecule has 0 aliphatic carbocycles. The minimum absolute atomic E-state index is 0.107. The Labute approximate surface area is 184 Å². The molecule has 0 saturated heterocycles. The summed E-state index contributed by atoms with van der Waals surface area (Å²) in [5, 5.41) is 3.58. The molecule has 1 atom stereocenters. The van der Waals surface area contributed by atoms with Gasteiger partial charge in [0.05, 0.1) is 25.1 Å². The second-order valence-electron chi connectivity index (χ2n) is 7.17. The van der Waals surface area contributed by atoms with Crippen LogP contribution in [0.5, 0.6) is 5.75 Å². The van der Waals surface area contributed by atoms with Crippen LogP contribution in [0.4, 0.5) is 5.69 Å². The molecule has 0 bridgehead atoms. The van der Waals surface area contributed by atoms with E-state index in [-0.39, 0.29) is 24.9 Å². The number of carbonyl (C=O) groups excluding carboxylic acids is 1. The van der Waals surface area contributed by atoms with E-state index in [0.29, 0.717) is 17.1 Å². The molecule has 1 N–H and O–H groups in total. The number of hydrogen-bond acceptors (Lipinski definition) is 4. The van der Waals surface area contributed by atoms with Gasteiger partial charge in [-0.25, -0.2) is 8.42 Å². The highest BCUT2D eigenvalue weighted by atomic mass is 35.5. The lowest BCUT2D eigenvalue weighted by atomic mass is 10.0. The summed E-state index contributed by atoms with van der Waals surface area (Å²) in [6.07, 6.45) is 2.53. The van der Waals surface area contributed by atoms with Gasteiger partial charge in [0.25, 0.3) is 0 Å². The van der Waals surface area contributed by atoms with Crippen molar-refractivity contribution < 1.29 is 17.9 Å². The van der Waals surface area contributed by atoms with E-state index < -0.39 is 10.0 Å². The van der Waals surface area contributed by atoms with E-state index in [1.807, 2.05) is 32.0 Å². The molecule has 0 unspecified atom stereocenters. The number of benzene rings is 2. The lowest BCUT2D eigenvalue weighted by Gasteiger charge is -2.23. The van der Waals surface area contributed by atoms with Crippen LogP contribution in [0, 0.1) is 6.92 Å². The molecule has 8 heteroatoms. The van der Waals surface area contributed by atoms with E-state index in [1.54, 1.807) is 31.4 Å². The highest BCUT2D eigenvalue weighted by Gasteiger charge is 2.19. The van der Waals surface area contributed by atoms with Crippen LogP contribution >= 0.6 is 11.6 Å². The third-order valence-corrected chi connectivity index (χ3v) is 6.29. The Bertz CT molecular complexity index is 962. The van der Waals surface area contributed by atoms with Crippen molar-refractivity contribution in [1.82, 2.24) is 5.32 Å². The highest BCUT2D eigenvalue weighted by Crippen LogP contribution is 2.25. The summed E-state index contributed by atoms with van der Waals surface area (Å²) in [7, 11) is -1.83. The molecular formula is C22H29ClN2O4S. The van der Waals surface area contributed by atoms with Gasteiger partial charge < -0.3 is 10.1 Å². The van der Waals surface area contributed by atoms with Crippen LogP contribution in [-0.4, -0.2) is 34.2 Å². The molecule has 30 heavy (non-hydrogen) atoms. The average molecular weight is 453 g/mol. The zero-order chi connectivity index (χ0) is 22.3. The van der Waals surface area contributed by atoms with Crippen LogP contribution in [0.2, 0.25) is 5.02 Å². The molecule has 0 aliphatic rings. The Balaban J connectivity index is 1.98. The predicted molar refractivity (Wildman–Crippen MR) is 122 cm³/mol. The topological polar surface area (TPSA) is 75.7 Å². The molecule has 2 aromatic rings. The molecule has 0 fully saturated rings. The third-order valence-electron chi connectivity index (χ3n) is 4.84. The molecular weight excluding hydrogens is 424 g/mol. The van der Waals surface area contributed by atoms with Crippen LogP contribution in [-0.2, 0) is 14.8 Å².